The Kier molecular flexibility index (Phi) is 7.44. The fourth-order valence-corrected chi connectivity index (χ4v) is 3.21. The highest BCUT2D eigenvalue weighted by molar-refractivity contribution is 5.81. The van der Waals surface area contributed by atoms with Gasteiger partial charge in [-0.25, -0.2) is 4.39 Å². The van der Waals surface area contributed by atoms with Crippen molar-refractivity contribution in [1.29, 1.82) is 0 Å². The van der Waals surface area contributed by atoms with Crippen molar-refractivity contribution in [1.82, 2.24) is 5.32 Å². The smallest absolute Gasteiger partial charge is 0.261 e. The highest BCUT2D eigenvalue weighted by Crippen LogP contribution is 2.32. The van der Waals surface area contributed by atoms with Crippen molar-refractivity contribution in [3.63, 3.8) is 0 Å². The number of hydrogen-bond donors (Lipinski definition) is 1. The number of ether oxygens (including phenoxy) is 2. The molecule has 0 bridgehead atoms. The number of rotatable bonds is 8. The molecule has 2 aromatic rings. The van der Waals surface area contributed by atoms with Crippen LogP contribution in [0.4, 0.5) is 4.39 Å². The number of benzene rings is 2. The first-order chi connectivity index (χ1) is 13.3. The first-order valence-electron chi connectivity index (χ1n) is 9.68. The summed E-state index contributed by atoms with van der Waals surface area (Å²) in [4.78, 5) is 12.7. The van der Waals surface area contributed by atoms with Crippen LogP contribution in [-0.4, -0.2) is 19.1 Å². The summed E-state index contributed by atoms with van der Waals surface area (Å²) in [5, 5.41) is 3.00. The van der Waals surface area contributed by atoms with Gasteiger partial charge >= 0.3 is 0 Å². The average molecular weight is 387 g/mol. The number of carbonyl (C=O) groups is 1. The molecule has 5 heteroatoms. The molecule has 0 radical (unpaired) electrons. The molecule has 4 nitrogen and oxygen atoms in total. The third-order valence-corrected chi connectivity index (χ3v) is 4.83. The SMILES string of the molecule is CC[C@@H](Oc1ccccc1F)C(=O)N[C@H](C)c1cc(C(C)C)c(OC)cc1C. The van der Waals surface area contributed by atoms with Crippen LogP contribution >= 0.6 is 0 Å². The normalized spacial score (nSPS) is 13.1. The van der Waals surface area contributed by atoms with Gasteiger partial charge in [-0.05, 0) is 67.1 Å². The molecule has 2 aromatic carbocycles. The Hall–Kier alpha value is -2.56. The molecule has 0 unspecified atom stereocenters. The van der Waals surface area contributed by atoms with Gasteiger partial charge in [0.05, 0.1) is 13.2 Å². The third-order valence-electron chi connectivity index (χ3n) is 4.83. The lowest BCUT2D eigenvalue weighted by atomic mass is 9.93. The number of carbonyl (C=O) groups excluding carboxylic acids is 1. The van der Waals surface area contributed by atoms with Crippen LogP contribution in [0.5, 0.6) is 11.5 Å². The van der Waals surface area contributed by atoms with E-state index in [1.54, 1.807) is 19.2 Å². The van der Waals surface area contributed by atoms with Gasteiger partial charge in [-0.1, -0.05) is 32.9 Å². The highest BCUT2D eigenvalue weighted by Gasteiger charge is 2.23. The van der Waals surface area contributed by atoms with Crippen LogP contribution in [0.25, 0.3) is 0 Å². The Balaban J connectivity index is 2.18. The zero-order valence-corrected chi connectivity index (χ0v) is 17.5. The third kappa shape index (κ3) is 5.03. The van der Waals surface area contributed by atoms with Crippen molar-refractivity contribution in [3.05, 3.63) is 58.9 Å². The second-order valence-electron chi connectivity index (χ2n) is 7.28. The van der Waals surface area contributed by atoms with Crippen LogP contribution in [0, 0.1) is 12.7 Å². The predicted molar refractivity (Wildman–Crippen MR) is 109 cm³/mol. The van der Waals surface area contributed by atoms with Crippen LogP contribution in [0.15, 0.2) is 36.4 Å². The molecule has 28 heavy (non-hydrogen) atoms. The zero-order valence-electron chi connectivity index (χ0n) is 17.5. The molecule has 2 atom stereocenters. The number of nitrogens with one attached hydrogen (secondary N) is 1. The van der Waals surface area contributed by atoms with Gasteiger partial charge in [0, 0.05) is 0 Å². The molecule has 0 aromatic heterocycles. The molecule has 1 N–H and O–H groups in total. The van der Waals surface area contributed by atoms with Crippen LogP contribution in [0.1, 0.15) is 62.8 Å². The van der Waals surface area contributed by atoms with Gasteiger partial charge in [0.1, 0.15) is 5.75 Å². The minimum atomic E-state index is -0.762. The first kappa shape index (κ1) is 21.7. The number of para-hydroxylation sites is 1. The predicted octanol–water partition coefficient (Wildman–Crippen LogP) is 5.30. The molecule has 152 valence electrons. The van der Waals surface area contributed by atoms with Crippen molar-refractivity contribution in [3.8, 4) is 11.5 Å². The standard InChI is InChI=1S/C23H30FNO3/c1-7-20(28-21-11-9-8-10-19(21)24)23(26)25-16(5)18-13-17(14(2)3)22(27-6)12-15(18)4/h8-14,16,20H,7H2,1-6H3,(H,25,26)/t16-,20-/m1/s1. The van der Waals surface area contributed by atoms with Crippen LogP contribution in [0.3, 0.4) is 0 Å². The minimum Gasteiger partial charge on any atom is -0.496 e. The second-order valence-corrected chi connectivity index (χ2v) is 7.28. The summed E-state index contributed by atoms with van der Waals surface area (Å²) in [6, 6.07) is 9.98. The minimum absolute atomic E-state index is 0.0832. The quantitative estimate of drug-likeness (QED) is 0.668. The van der Waals surface area contributed by atoms with Crippen LogP contribution in [0.2, 0.25) is 0 Å². The van der Waals surface area contributed by atoms with Gasteiger partial charge in [-0.2, -0.15) is 0 Å². The molecule has 2 rings (SSSR count). The average Bonchev–Trinajstić information content (AvgIpc) is 2.66. The van der Waals surface area contributed by atoms with E-state index in [1.807, 2.05) is 26.8 Å². The molecule has 1 amide bonds. The van der Waals surface area contributed by atoms with Gasteiger partial charge in [0.15, 0.2) is 17.7 Å². The fraction of sp³-hybridized carbons (Fsp3) is 0.435. The molecule has 0 heterocycles. The van der Waals surface area contributed by atoms with E-state index < -0.39 is 11.9 Å². The molecule has 0 aliphatic rings. The lowest BCUT2D eigenvalue weighted by molar-refractivity contribution is -0.128. The van der Waals surface area contributed by atoms with E-state index >= 15 is 0 Å². The largest absolute Gasteiger partial charge is 0.496 e. The Morgan fingerprint density at radius 3 is 2.36 bits per heavy atom. The summed E-state index contributed by atoms with van der Waals surface area (Å²) in [5.74, 6) is 0.489. The van der Waals surface area contributed by atoms with Crippen molar-refractivity contribution < 1.29 is 18.7 Å². The molecule has 0 fully saturated rings. The Labute approximate surface area is 167 Å². The van der Waals surface area contributed by atoms with E-state index in [4.69, 9.17) is 9.47 Å². The van der Waals surface area contributed by atoms with Gasteiger partial charge in [-0.3, -0.25) is 4.79 Å². The monoisotopic (exact) mass is 387 g/mol. The maximum Gasteiger partial charge on any atom is 0.261 e. The number of halogens is 1. The fourth-order valence-electron chi connectivity index (χ4n) is 3.21. The van der Waals surface area contributed by atoms with Crippen molar-refractivity contribution >= 4 is 5.91 Å². The van der Waals surface area contributed by atoms with Crippen molar-refractivity contribution in [2.24, 2.45) is 0 Å². The highest BCUT2D eigenvalue weighted by atomic mass is 19.1. The van der Waals surface area contributed by atoms with Crippen molar-refractivity contribution in [2.75, 3.05) is 7.11 Å². The molecular weight excluding hydrogens is 357 g/mol. The summed E-state index contributed by atoms with van der Waals surface area (Å²) in [6.07, 6.45) is -0.325. The molecule has 0 saturated carbocycles. The summed E-state index contributed by atoms with van der Waals surface area (Å²) >= 11 is 0. The number of aryl methyl sites for hydroxylation is 1. The molecule has 0 aliphatic carbocycles. The van der Waals surface area contributed by atoms with Gasteiger partial charge in [0.25, 0.3) is 5.91 Å². The molecular formula is C23H30FNO3. The maximum absolute atomic E-state index is 13.9. The van der Waals surface area contributed by atoms with Gasteiger partial charge < -0.3 is 14.8 Å². The summed E-state index contributed by atoms with van der Waals surface area (Å²) in [5.41, 5.74) is 3.16. The van der Waals surface area contributed by atoms with Gasteiger partial charge in [0.2, 0.25) is 0 Å². The zero-order chi connectivity index (χ0) is 20.8. The van der Waals surface area contributed by atoms with E-state index in [-0.39, 0.29) is 17.7 Å². The van der Waals surface area contributed by atoms with E-state index in [0.29, 0.717) is 12.3 Å². The topological polar surface area (TPSA) is 47.6 Å². The molecule has 0 aliphatic heterocycles. The Bertz CT molecular complexity index is 819. The summed E-state index contributed by atoms with van der Waals surface area (Å²) < 4.78 is 25.0. The Morgan fingerprint density at radius 1 is 1.11 bits per heavy atom. The van der Waals surface area contributed by atoms with E-state index in [9.17, 15) is 9.18 Å². The lowest BCUT2D eigenvalue weighted by Crippen LogP contribution is -2.39. The molecule has 0 spiro atoms. The number of methoxy groups -OCH3 is 1. The maximum atomic E-state index is 13.9. The summed E-state index contributed by atoms with van der Waals surface area (Å²) in [7, 11) is 1.66. The first-order valence-corrected chi connectivity index (χ1v) is 9.68. The van der Waals surface area contributed by atoms with Crippen LogP contribution < -0.4 is 14.8 Å². The number of amides is 1. The Morgan fingerprint density at radius 2 is 1.79 bits per heavy atom. The lowest BCUT2D eigenvalue weighted by Gasteiger charge is -2.23. The van der Waals surface area contributed by atoms with Crippen molar-refractivity contribution in [2.45, 2.75) is 59.1 Å². The molecule has 0 saturated heterocycles. The van der Waals surface area contributed by atoms with Crippen LogP contribution in [-0.2, 0) is 4.79 Å². The second kappa shape index (κ2) is 9.58. The van der Waals surface area contributed by atoms with E-state index in [0.717, 1.165) is 22.4 Å². The van der Waals surface area contributed by atoms with E-state index in [1.165, 1.54) is 12.1 Å². The van der Waals surface area contributed by atoms with Gasteiger partial charge in [-0.15, -0.1) is 0 Å². The van der Waals surface area contributed by atoms with E-state index in [2.05, 4.69) is 25.2 Å². The summed E-state index contributed by atoms with van der Waals surface area (Å²) in [6.45, 7) is 9.99. The number of hydrogen-bond acceptors (Lipinski definition) is 3.